The fourth-order valence-electron chi connectivity index (χ4n) is 9.94. The predicted octanol–water partition coefficient (Wildman–Crippen LogP) is 7.86. The van der Waals surface area contributed by atoms with Crippen molar-refractivity contribution in [3.8, 4) is 33.4 Å². The number of halogens is 2. The number of hydrogen-bond acceptors (Lipinski definition) is 0. The summed E-state index contributed by atoms with van der Waals surface area (Å²) in [6.45, 7) is 23.3. The molecule has 1 atom stereocenters. The zero-order valence-corrected chi connectivity index (χ0v) is 39.8. The van der Waals surface area contributed by atoms with E-state index in [-0.39, 0.29) is 30.2 Å². The van der Waals surface area contributed by atoms with E-state index >= 15 is 0 Å². The van der Waals surface area contributed by atoms with Crippen LogP contribution in [-0.2, 0) is 27.7 Å². The van der Waals surface area contributed by atoms with Gasteiger partial charge in [-0.3, -0.25) is 0 Å². The molecule has 294 valence electrons. The molecule has 0 aromatic heterocycles. The van der Waals surface area contributed by atoms with Gasteiger partial charge in [-0.25, -0.2) is 0 Å². The Morgan fingerprint density at radius 3 is 1.62 bits per heavy atom. The number of hydrogen-bond donors (Lipinski definition) is 0. The van der Waals surface area contributed by atoms with Gasteiger partial charge >= 0.3 is 346 Å². The van der Waals surface area contributed by atoms with Crippen molar-refractivity contribution in [1.29, 1.82) is 0 Å². The van der Waals surface area contributed by atoms with E-state index in [4.69, 9.17) is 0 Å². The zero-order chi connectivity index (χ0) is 39.5. The fraction of sp³-hybridized carbons (Fsp3) is 0.255. The van der Waals surface area contributed by atoms with E-state index in [9.17, 15) is 0 Å². The Kier molecular flexibility index (Phi) is 13.1. The maximum atomic E-state index is 2.69. The molecule has 2 aliphatic carbocycles. The number of fused-ring (bicyclic) bond motifs is 3. The maximum absolute atomic E-state index is 3.14. The van der Waals surface area contributed by atoms with E-state index in [0.717, 1.165) is 12.8 Å². The van der Waals surface area contributed by atoms with E-state index in [1.54, 1.807) is 15.3 Å². The second kappa shape index (κ2) is 17.4. The summed E-state index contributed by atoms with van der Waals surface area (Å²) in [6.07, 6.45) is 7.40. The van der Waals surface area contributed by atoms with E-state index in [1.165, 1.54) is 89.0 Å². The van der Waals surface area contributed by atoms with Gasteiger partial charge in [-0.15, -0.1) is 0 Å². The normalized spacial score (nSPS) is 14.0. The first-order chi connectivity index (χ1) is 26.8. The van der Waals surface area contributed by atoms with Gasteiger partial charge < -0.3 is 24.8 Å². The SMILES string of the molecule is CCC1C=C(C(C)(C)C)C=[C]1[Zr+2](=[C](c1ccccc1)c1ccccc1)[c]1c(-c2c(C)cc(C)cc2C)ccc2c1Cc1cc(-c3c(C)cc(C)cc3C)ccc1-2.[Cl-].[Cl-]. The van der Waals surface area contributed by atoms with Gasteiger partial charge in [0.2, 0.25) is 0 Å². The van der Waals surface area contributed by atoms with Gasteiger partial charge in [0.15, 0.2) is 0 Å². The first-order valence-electron chi connectivity index (χ1n) is 20.6. The Hall–Kier alpha value is -3.87. The van der Waals surface area contributed by atoms with Gasteiger partial charge in [-0.1, -0.05) is 0 Å². The minimum atomic E-state index is -3.14. The van der Waals surface area contributed by atoms with Gasteiger partial charge in [-0.05, 0) is 0 Å². The van der Waals surface area contributed by atoms with Crippen molar-refractivity contribution in [3.05, 3.63) is 192 Å². The van der Waals surface area contributed by atoms with Crippen LogP contribution in [0.15, 0.2) is 136 Å². The van der Waals surface area contributed by atoms with Crippen LogP contribution in [0.2, 0.25) is 0 Å². The third-order valence-electron chi connectivity index (χ3n) is 12.3. The first kappa shape index (κ1) is 43.7. The molecule has 0 spiro atoms. The fourth-order valence-corrected chi connectivity index (χ4v) is 19.0. The zero-order valence-electron chi connectivity index (χ0n) is 35.9. The van der Waals surface area contributed by atoms with Crippen LogP contribution in [0.5, 0.6) is 0 Å². The topological polar surface area (TPSA) is 0 Å². The smallest absolute Gasteiger partial charge is 1.00 e. The van der Waals surface area contributed by atoms with Crippen molar-refractivity contribution >= 4 is 6.48 Å². The van der Waals surface area contributed by atoms with Gasteiger partial charge in [0.25, 0.3) is 0 Å². The van der Waals surface area contributed by atoms with Crippen LogP contribution >= 0.6 is 0 Å². The van der Waals surface area contributed by atoms with Crippen LogP contribution in [0.25, 0.3) is 33.4 Å². The molecule has 0 fully saturated rings. The van der Waals surface area contributed by atoms with E-state index in [2.05, 4.69) is 197 Å². The molecule has 0 saturated carbocycles. The average Bonchev–Trinajstić information content (AvgIpc) is 3.76. The minimum absolute atomic E-state index is 0. The largest absolute Gasteiger partial charge is 1.00 e. The molecule has 0 bridgehead atoms. The van der Waals surface area contributed by atoms with Crippen molar-refractivity contribution in [2.45, 2.75) is 82.1 Å². The third-order valence-corrected chi connectivity index (χ3v) is 20.3. The van der Waals surface area contributed by atoms with Gasteiger partial charge in [-0.2, -0.15) is 0 Å². The molecule has 1 unspecified atom stereocenters. The minimum Gasteiger partial charge on any atom is -1.00 e. The number of benzene rings is 6. The van der Waals surface area contributed by atoms with Crippen LogP contribution < -0.4 is 28.1 Å². The molecule has 0 radical (unpaired) electrons. The standard InChI is InChI=1S/C31H29.C13H10.C11H17.2ClH.Zr/c1-18-11-20(3)30(21(4)12-18)24-7-9-28-26(15-24)17-27-16-25(8-10-29(27)28)31-22(5)13-19(2)14-23(31)6;1-3-7-12(8-4-1)11-13-9-5-2-6-10-13;1-5-9-6-7-10(8-9)11(2,3)4;;;/h7-15H,17H2,1-6H3;1-10H;7-9H,5H2,1-4H3;2*1H;/q;;;;;+2/p-2. The molecule has 0 nitrogen and oxygen atoms in total. The molecular weight excluding hydrogens is 823 g/mol. The molecule has 2 aliphatic rings. The summed E-state index contributed by atoms with van der Waals surface area (Å²) in [5, 5.41) is 0. The Balaban J connectivity index is 0.00000283. The monoisotopic (exact) mass is 876 g/mol. The molecule has 0 N–H and O–H groups in total. The van der Waals surface area contributed by atoms with Gasteiger partial charge in [0.05, 0.1) is 0 Å². The second-order valence-electron chi connectivity index (χ2n) is 17.6. The molecule has 0 saturated heterocycles. The van der Waals surface area contributed by atoms with Gasteiger partial charge in [0, 0.05) is 0 Å². The van der Waals surface area contributed by atoms with Crippen LogP contribution in [0.1, 0.15) is 89.8 Å². The number of allylic oxidation sites excluding steroid dienone is 4. The molecular formula is C55H56Cl2Zr. The Morgan fingerprint density at radius 1 is 0.603 bits per heavy atom. The van der Waals surface area contributed by atoms with Crippen LogP contribution in [0.4, 0.5) is 0 Å². The first-order valence-corrected chi connectivity index (χ1v) is 24.3. The van der Waals surface area contributed by atoms with E-state index in [0.29, 0.717) is 5.92 Å². The Bertz CT molecular complexity index is 2530. The molecule has 0 heterocycles. The number of aryl methyl sites for hydroxylation is 6. The summed E-state index contributed by atoms with van der Waals surface area (Å²) >= 11 is -3.14. The van der Waals surface area contributed by atoms with Crippen LogP contribution in [0, 0.1) is 52.9 Å². The summed E-state index contributed by atoms with van der Waals surface area (Å²) in [6, 6.07) is 44.7. The van der Waals surface area contributed by atoms with Crippen LogP contribution in [-0.4, -0.2) is 3.21 Å². The van der Waals surface area contributed by atoms with E-state index in [1.807, 2.05) is 0 Å². The molecule has 0 amide bonds. The summed E-state index contributed by atoms with van der Waals surface area (Å²) in [5.74, 6) is 0.424. The number of rotatable bonds is 7. The Labute approximate surface area is 368 Å². The van der Waals surface area contributed by atoms with Gasteiger partial charge in [0.1, 0.15) is 0 Å². The third kappa shape index (κ3) is 8.05. The van der Waals surface area contributed by atoms with Crippen molar-refractivity contribution in [1.82, 2.24) is 0 Å². The Morgan fingerprint density at radius 2 is 1.10 bits per heavy atom. The van der Waals surface area contributed by atoms with Crippen molar-refractivity contribution < 1.29 is 46.1 Å². The quantitative estimate of drug-likeness (QED) is 0.153. The summed E-state index contributed by atoms with van der Waals surface area (Å²) < 4.78 is 4.96. The molecule has 6 aromatic carbocycles. The molecule has 6 aromatic rings. The van der Waals surface area contributed by atoms with Crippen molar-refractivity contribution in [3.63, 3.8) is 0 Å². The molecule has 0 aliphatic heterocycles. The van der Waals surface area contributed by atoms with Crippen LogP contribution in [0.3, 0.4) is 0 Å². The molecule has 58 heavy (non-hydrogen) atoms. The summed E-state index contributed by atoms with van der Waals surface area (Å²) in [5.41, 5.74) is 23.9. The van der Waals surface area contributed by atoms with Crippen molar-refractivity contribution in [2.24, 2.45) is 11.3 Å². The van der Waals surface area contributed by atoms with Crippen molar-refractivity contribution in [2.75, 3.05) is 0 Å². The second-order valence-corrected chi connectivity index (χ2v) is 23.3. The predicted molar refractivity (Wildman–Crippen MR) is 239 cm³/mol. The average molecular weight is 879 g/mol. The summed E-state index contributed by atoms with van der Waals surface area (Å²) in [4.78, 5) is 0. The summed E-state index contributed by atoms with van der Waals surface area (Å²) in [7, 11) is 0. The molecule has 8 rings (SSSR count). The van der Waals surface area contributed by atoms with E-state index < -0.39 is 21.3 Å². The maximum Gasteiger partial charge on any atom is -1.00 e. The molecule has 3 heteroatoms.